The molecule has 31 heavy (non-hydrogen) atoms. The number of rotatable bonds is 4. The molecule has 1 saturated heterocycles. The Kier molecular flexibility index (Phi) is 5.33. The van der Waals surface area contributed by atoms with Crippen molar-refractivity contribution in [2.24, 2.45) is 11.3 Å². The van der Waals surface area contributed by atoms with E-state index in [1.54, 1.807) is 24.3 Å². The number of nitrogens with one attached hydrogen (secondary N) is 2. The summed E-state index contributed by atoms with van der Waals surface area (Å²) in [7, 11) is 0. The van der Waals surface area contributed by atoms with Crippen LogP contribution in [-0.2, 0) is 11.3 Å². The molecule has 4 amide bonds. The first-order valence-electron chi connectivity index (χ1n) is 10.8. The van der Waals surface area contributed by atoms with Gasteiger partial charge in [-0.2, -0.15) is 0 Å². The van der Waals surface area contributed by atoms with Gasteiger partial charge < -0.3 is 10.6 Å². The number of amides is 4. The van der Waals surface area contributed by atoms with Crippen LogP contribution in [0.15, 0.2) is 54.6 Å². The predicted molar refractivity (Wildman–Crippen MR) is 119 cm³/mol. The van der Waals surface area contributed by atoms with Gasteiger partial charge in [0.1, 0.15) is 5.54 Å². The van der Waals surface area contributed by atoms with Crippen molar-refractivity contribution in [3.8, 4) is 0 Å². The van der Waals surface area contributed by atoms with Crippen LogP contribution in [0.2, 0.25) is 0 Å². The quantitative estimate of drug-likeness (QED) is 0.712. The van der Waals surface area contributed by atoms with Crippen molar-refractivity contribution in [2.75, 3.05) is 5.32 Å². The van der Waals surface area contributed by atoms with E-state index in [1.807, 2.05) is 30.3 Å². The van der Waals surface area contributed by atoms with Crippen LogP contribution >= 0.6 is 0 Å². The molecule has 4 rings (SSSR count). The van der Waals surface area contributed by atoms with Gasteiger partial charge in [0.15, 0.2) is 0 Å². The summed E-state index contributed by atoms with van der Waals surface area (Å²) in [6.07, 6.45) is 2.38. The van der Waals surface area contributed by atoms with Gasteiger partial charge in [-0.25, -0.2) is 4.79 Å². The molecule has 2 aromatic carbocycles. The van der Waals surface area contributed by atoms with Gasteiger partial charge in [-0.15, -0.1) is 0 Å². The summed E-state index contributed by atoms with van der Waals surface area (Å²) in [5.74, 6) is 0.0310. The molecular weight excluding hydrogens is 390 g/mol. The summed E-state index contributed by atoms with van der Waals surface area (Å²) >= 11 is 0. The van der Waals surface area contributed by atoms with Crippen molar-refractivity contribution < 1.29 is 14.4 Å². The summed E-state index contributed by atoms with van der Waals surface area (Å²) in [5, 5.41) is 5.85. The lowest BCUT2D eigenvalue weighted by Crippen LogP contribution is -2.54. The highest BCUT2D eigenvalue weighted by Crippen LogP contribution is 2.46. The smallest absolute Gasteiger partial charge is 0.323 e. The van der Waals surface area contributed by atoms with Crippen molar-refractivity contribution in [1.29, 1.82) is 0 Å². The maximum Gasteiger partial charge on any atom is 0.325 e. The molecule has 0 unspecified atom stereocenters. The van der Waals surface area contributed by atoms with Gasteiger partial charge in [0.2, 0.25) is 0 Å². The molecule has 1 saturated carbocycles. The van der Waals surface area contributed by atoms with Crippen molar-refractivity contribution in [3.63, 3.8) is 0 Å². The molecule has 1 aliphatic heterocycles. The zero-order valence-electron chi connectivity index (χ0n) is 18.3. The van der Waals surface area contributed by atoms with Crippen LogP contribution in [0.3, 0.4) is 0 Å². The molecule has 2 aliphatic rings. The lowest BCUT2D eigenvalue weighted by atomic mass is 9.64. The van der Waals surface area contributed by atoms with E-state index in [0.717, 1.165) is 17.7 Å². The molecule has 6 nitrogen and oxygen atoms in total. The molecule has 6 heteroatoms. The Labute approximate surface area is 183 Å². The number of anilines is 1. The fraction of sp³-hybridized carbons (Fsp3) is 0.400. The van der Waals surface area contributed by atoms with Crippen LogP contribution < -0.4 is 10.6 Å². The molecule has 2 fully saturated rings. The highest BCUT2D eigenvalue weighted by atomic mass is 16.2. The summed E-state index contributed by atoms with van der Waals surface area (Å²) in [6, 6.07) is 15.9. The first-order chi connectivity index (χ1) is 14.7. The van der Waals surface area contributed by atoms with E-state index in [1.165, 1.54) is 4.90 Å². The van der Waals surface area contributed by atoms with Crippen molar-refractivity contribution in [2.45, 2.75) is 52.1 Å². The highest BCUT2D eigenvalue weighted by Gasteiger charge is 2.55. The van der Waals surface area contributed by atoms with Crippen LogP contribution in [0.4, 0.5) is 10.5 Å². The molecule has 1 heterocycles. The van der Waals surface area contributed by atoms with E-state index < -0.39 is 5.54 Å². The minimum absolute atomic E-state index is 0.00435. The number of para-hydroxylation sites is 1. The average molecular weight is 420 g/mol. The van der Waals surface area contributed by atoms with E-state index >= 15 is 0 Å². The summed E-state index contributed by atoms with van der Waals surface area (Å²) in [5.41, 5.74) is 1.26. The predicted octanol–water partition coefficient (Wildman–Crippen LogP) is 4.58. The monoisotopic (exact) mass is 419 g/mol. The Bertz CT molecular complexity index is 1000. The van der Waals surface area contributed by atoms with Crippen LogP contribution in [0.5, 0.6) is 0 Å². The Morgan fingerprint density at radius 2 is 1.74 bits per heavy atom. The molecule has 162 valence electrons. The molecular formula is C25H29N3O3. The topological polar surface area (TPSA) is 78.5 Å². The molecule has 0 aromatic heterocycles. The first-order valence-corrected chi connectivity index (χ1v) is 10.8. The van der Waals surface area contributed by atoms with Crippen LogP contribution in [-0.4, -0.2) is 28.3 Å². The van der Waals surface area contributed by atoms with Gasteiger partial charge in [0.05, 0.1) is 6.54 Å². The van der Waals surface area contributed by atoms with E-state index in [-0.39, 0.29) is 29.8 Å². The number of imide groups is 1. The maximum absolute atomic E-state index is 13.3. The van der Waals surface area contributed by atoms with Gasteiger partial charge >= 0.3 is 6.03 Å². The minimum atomic E-state index is -0.798. The van der Waals surface area contributed by atoms with Gasteiger partial charge in [0, 0.05) is 11.3 Å². The molecule has 2 aromatic rings. The Morgan fingerprint density at radius 1 is 1.06 bits per heavy atom. The summed E-state index contributed by atoms with van der Waals surface area (Å²) < 4.78 is 0. The number of hydrogen-bond donors (Lipinski definition) is 2. The fourth-order valence-electron chi connectivity index (χ4n) is 5.32. The number of nitrogens with zero attached hydrogens (tertiary/aromatic N) is 1. The minimum Gasteiger partial charge on any atom is -0.323 e. The Morgan fingerprint density at radius 3 is 2.39 bits per heavy atom. The molecule has 0 radical (unpaired) electrons. The van der Waals surface area contributed by atoms with Crippen LogP contribution in [0, 0.1) is 11.3 Å². The maximum atomic E-state index is 13.3. The summed E-state index contributed by atoms with van der Waals surface area (Å²) in [4.78, 5) is 39.7. The second-order valence-corrected chi connectivity index (χ2v) is 9.78. The normalized spacial score (nSPS) is 24.9. The zero-order chi connectivity index (χ0) is 22.2. The molecule has 2 atom stereocenters. The Balaban J connectivity index is 1.45. The van der Waals surface area contributed by atoms with Gasteiger partial charge in [0.25, 0.3) is 11.8 Å². The van der Waals surface area contributed by atoms with Gasteiger partial charge in [-0.05, 0) is 60.4 Å². The number of carbonyl (C=O) groups excluding carboxylic acids is 3. The van der Waals surface area contributed by atoms with E-state index in [0.29, 0.717) is 24.3 Å². The third kappa shape index (κ3) is 4.33. The number of carbonyl (C=O) groups is 3. The lowest BCUT2D eigenvalue weighted by molar-refractivity contribution is -0.135. The average Bonchev–Trinajstić information content (AvgIpc) is 2.91. The molecule has 0 bridgehead atoms. The third-order valence-electron chi connectivity index (χ3n) is 6.21. The van der Waals surface area contributed by atoms with Crippen LogP contribution in [0.25, 0.3) is 0 Å². The number of urea groups is 1. The van der Waals surface area contributed by atoms with E-state index in [2.05, 4.69) is 31.4 Å². The standard InChI is InChI=1S/C25H29N3O3/c1-17-13-24(2,3)16-25(14-17)22(30)28(23(31)27-25)15-18-9-11-19(12-10-18)21(29)26-20-7-5-4-6-8-20/h4-12,17H,13-16H2,1-3H3,(H,26,29)(H,27,31)/t17-,25-/m0/s1. The first kappa shape index (κ1) is 21.1. The molecule has 2 N–H and O–H groups in total. The second-order valence-electron chi connectivity index (χ2n) is 9.78. The number of hydrogen-bond acceptors (Lipinski definition) is 3. The third-order valence-corrected chi connectivity index (χ3v) is 6.21. The van der Waals surface area contributed by atoms with Crippen molar-refractivity contribution in [1.82, 2.24) is 10.2 Å². The van der Waals surface area contributed by atoms with Crippen molar-refractivity contribution >= 4 is 23.5 Å². The summed E-state index contributed by atoms with van der Waals surface area (Å²) in [6.45, 7) is 6.66. The molecule has 1 aliphatic carbocycles. The fourth-order valence-corrected chi connectivity index (χ4v) is 5.32. The zero-order valence-corrected chi connectivity index (χ0v) is 18.3. The Hall–Kier alpha value is -3.15. The lowest BCUT2D eigenvalue weighted by Gasteiger charge is -2.43. The molecule has 1 spiro atoms. The van der Waals surface area contributed by atoms with Crippen molar-refractivity contribution in [3.05, 3.63) is 65.7 Å². The number of benzene rings is 2. The SMILES string of the molecule is C[C@H]1CC(C)(C)C[C@]2(C1)NC(=O)N(Cc1ccc(C(=O)Nc3ccccc3)cc1)C2=O. The van der Waals surface area contributed by atoms with E-state index in [9.17, 15) is 14.4 Å². The van der Waals surface area contributed by atoms with E-state index in [4.69, 9.17) is 0 Å². The van der Waals surface area contributed by atoms with Crippen LogP contribution in [0.1, 0.15) is 56.0 Å². The largest absolute Gasteiger partial charge is 0.325 e. The van der Waals surface area contributed by atoms with Gasteiger partial charge in [-0.1, -0.05) is 51.1 Å². The van der Waals surface area contributed by atoms with Gasteiger partial charge in [-0.3, -0.25) is 14.5 Å². The highest BCUT2D eigenvalue weighted by molar-refractivity contribution is 6.07. The second kappa shape index (κ2) is 7.84.